The fraction of sp³-hybridized carbons (Fsp3) is 0.647. The molecule has 1 aromatic carbocycles. The van der Waals surface area contributed by atoms with E-state index in [2.05, 4.69) is 36.3 Å². The number of hydrogen-bond acceptors (Lipinski definition) is 3. The minimum atomic E-state index is 0.343. The molecule has 0 radical (unpaired) electrons. The summed E-state index contributed by atoms with van der Waals surface area (Å²) in [5.74, 6) is 0.927. The molecule has 1 saturated heterocycles. The van der Waals surface area contributed by atoms with Crippen LogP contribution in [0.4, 0.5) is 0 Å². The van der Waals surface area contributed by atoms with E-state index in [1.54, 1.807) is 7.11 Å². The Balaban J connectivity index is 1.91. The molecule has 112 valence electrons. The highest BCUT2D eigenvalue weighted by Crippen LogP contribution is 2.26. The first-order valence-electron chi connectivity index (χ1n) is 7.74. The molecule has 2 rings (SSSR count). The molecular weight excluding hydrogens is 248 g/mol. The van der Waals surface area contributed by atoms with Crippen LogP contribution in [0, 0.1) is 0 Å². The van der Waals surface area contributed by atoms with E-state index in [1.807, 2.05) is 12.1 Å². The van der Waals surface area contributed by atoms with Crippen LogP contribution in [0.25, 0.3) is 0 Å². The van der Waals surface area contributed by atoms with Crippen molar-refractivity contribution in [2.24, 2.45) is 0 Å². The maximum absolute atomic E-state index is 5.21. The van der Waals surface area contributed by atoms with Crippen LogP contribution in [0.2, 0.25) is 0 Å². The van der Waals surface area contributed by atoms with Crippen LogP contribution in [-0.4, -0.2) is 37.7 Å². The molecule has 1 unspecified atom stereocenters. The smallest absolute Gasteiger partial charge is 0.118 e. The lowest BCUT2D eigenvalue weighted by atomic mass is 9.91. The summed E-state index contributed by atoms with van der Waals surface area (Å²) < 4.78 is 5.21. The third-order valence-electron chi connectivity index (χ3n) is 4.24. The molecule has 1 heterocycles. The second-order valence-corrected chi connectivity index (χ2v) is 6.08. The van der Waals surface area contributed by atoms with Crippen LogP contribution in [-0.2, 0) is 6.54 Å². The van der Waals surface area contributed by atoms with Crippen LogP contribution in [0.1, 0.15) is 38.2 Å². The fourth-order valence-electron chi connectivity index (χ4n) is 3.39. The van der Waals surface area contributed by atoms with Crippen molar-refractivity contribution < 1.29 is 4.74 Å². The molecule has 1 fully saturated rings. The summed E-state index contributed by atoms with van der Waals surface area (Å²) in [7, 11) is 3.93. The van der Waals surface area contributed by atoms with Crippen molar-refractivity contribution in [1.29, 1.82) is 0 Å². The van der Waals surface area contributed by atoms with Gasteiger partial charge in [-0.05, 0) is 50.6 Å². The number of likely N-dealkylation sites (N-methyl/N-ethyl adjacent to an activating group) is 1. The lowest BCUT2D eigenvalue weighted by Gasteiger charge is -2.34. The molecule has 0 saturated carbocycles. The monoisotopic (exact) mass is 276 g/mol. The van der Waals surface area contributed by atoms with Gasteiger partial charge in [0.15, 0.2) is 0 Å². The quantitative estimate of drug-likeness (QED) is 0.828. The Morgan fingerprint density at radius 3 is 2.60 bits per heavy atom. The summed E-state index contributed by atoms with van der Waals surface area (Å²) in [6, 6.07) is 8.39. The molecule has 1 N–H and O–H groups in total. The maximum Gasteiger partial charge on any atom is 0.118 e. The Labute approximate surface area is 123 Å². The molecule has 1 atom stereocenters. The molecule has 3 heteroatoms. The molecule has 1 aliphatic rings. The Morgan fingerprint density at radius 1 is 1.30 bits per heavy atom. The van der Waals surface area contributed by atoms with E-state index >= 15 is 0 Å². The molecule has 0 amide bonds. The number of rotatable bonds is 7. The largest absolute Gasteiger partial charge is 0.497 e. The van der Waals surface area contributed by atoms with Crippen molar-refractivity contribution in [3.63, 3.8) is 0 Å². The number of ether oxygens (including phenoxy) is 1. The van der Waals surface area contributed by atoms with Gasteiger partial charge >= 0.3 is 0 Å². The third-order valence-corrected chi connectivity index (χ3v) is 4.24. The zero-order valence-corrected chi connectivity index (χ0v) is 13.1. The first kappa shape index (κ1) is 15.3. The van der Waals surface area contributed by atoms with Gasteiger partial charge in [-0.2, -0.15) is 0 Å². The van der Waals surface area contributed by atoms with E-state index in [-0.39, 0.29) is 0 Å². The summed E-state index contributed by atoms with van der Waals surface area (Å²) in [4.78, 5) is 2.44. The molecule has 0 bridgehead atoms. The summed E-state index contributed by atoms with van der Waals surface area (Å²) in [5, 5.41) is 3.74. The average molecular weight is 276 g/mol. The molecule has 1 aromatic rings. The molecule has 0 aromatic heterocycles. The minimum absolute atomic E-state index is 0.343. The van der Waals surface area contributed by atoms with Gasteiger partial charge in [0.1, 0.15) is 5.75 Å². The van der Waals surface area contributed by atoms with Gasteiger partial charge < -0.3 is 15.0 Å². The zero-order valence-electron chi connectivity index (χ0n) is 13.1. The fourth-order valence-corrected chi connectivity index (χ4v) is 3.39. The number of methoxy groups -OCH3 is 1. The van der Waals surface area contributed by atoms with Gasteiger partial charge in [0.25, 0.3) is 0 Å². The number of nitrogens with one attached hydrogen (secondary N) is 1. The highest BCUT2D eigenvalue weighted by molar-refractivity contribution is 5.27. The van der Waals surface area contributed by atoms with E-state index in [1.165, 1.54) is 37.8 Å². The van der Waals surface area contributed by atoms with Gasteiger partial charge in [-0.15, -0.1) is 0 Å². The van der Waals surface area contributed by atoms with E-state index in [9.17, 15) is 0 Å². The zero-order chi connectivity index (χ0) is 14.4. The SMILES string of the molecule is CCCC1(CN(C)Cc2ccc(OC)cc2)CCCN1. The molecule has 0 aliphatic carbocycles. The minimum Gasteiger partial charge on any atom is -0.497 e. The first-order valence-corrected chi connectivity index (χ1v) is 7.74. The van der Waals surface area contributed by atoms with Crippen molar-refractivity contribution in [2.75, 3.05) is 27.2 Å². The maximum atomic E-state index is 5.21. The van der Waals surface area contributed by atoms with Crippen LogP contribution in [0.15, 0.2) is 24.3 Å². The van der Waals surface area contributed by atoms with Gasteiger partial charge in [-0.1, -0.05) is 25.5 Å². The Kier molecular flexibility index (Phi) is 5.44. The summed E-state index contributed by atoms with van der Waals surface area (Å²) in [6.45, 7) is 5.59. The standard InChI is InChI=1S/C17H28N2O/c1-4-10-17(11-5-12-18-17)14-19(2)13-15-6-8-16(20-3)9-7-15/h6-9,18H,4-5,10-14H2,1-3H3. The highest BCUT2D eigenvalue weighted by Gasteiger charge is 2.33. The van der Waals surface area contributed by atoms with E-state index in [0.717, 1.165) is 18.8 Å². The molecular formula is C17H28N2O. The van der Waals surface area contributed by atoms with E-state index in [0.29, 0.717) is 5.54 Å². The molecule has 0 spiro atoms. The van der Waals surface area contributed by atoms with Gasteiger partial charge in [0.2, 0.25) is 0 Å². The van der Waals surface area contributed by atoms with Crippen molar-refractivity contribution in [1.82, 2.24) is 10.2 Å². The second-order valence-electron chi connectivity index (χ2n) is 6.08. The predicted molar refractivity (Wildman–Crippen MR) is 84.2 cm³/mol. The van der Waals surface area contributed by atoms with Crippen LogP contribution >= 0.6 is 0 Å². The predicted octanol–water partition coefficient (Wildman–Crippen LogP) is 3.05. The van der Waals surface area contributed by atoms with Gasteiger partial charge in [0.05, 0.1) is 7.11 Å². The van der Waals surface area contributed by atoms with E-state index < -0.39 is 0 Å². The third kappa shape index (κ3) is 3.97. The van der Waals surface area contributed by atoms with Crippen LogP contribution in [0.3, 0.4) is 0 Å². The molecule has 20 heavy (non-hydrogen) atoms. The van der Waals surface area contributed by atoms with Crippen molar-refractivity contribution in [3.05, 3.63) is 29.8 Å². The summed E-state index contributed by atoms with van der Waals surface area (Å²) in [5.41, 5.74) is 1.69. The highest BCUT2D eigenvalue weighted by atomic mass is 16.5. The lowest BCUT2D eigenvalue weighted by molar-refractivity contribution is 0.207. The number of nitrogens with zero attached hydrogens (tertiary/aromatic N) is 1. The van der Waals surface area contributed by atoms with E-state index in [4.69, 9.17) is 4.74 Å². The average Bonchev–Trinajstić information content (AvgIpc) is 2.88. The van der Waals surface area contributed by atoms with Crippen LogP contribution in [0.5, 0.6) is 5.75 Å². The Morgan fingerprint density at radius 2 is 2.05 bits per heavy atom. The Hall–Kier alpha value is -1.06. The number of hydrogen-bond donors (Lipinski definition) is 1. The second kappa shape index (κ2) is 7.09. The molecule has 3 nitrogen and oxygen atoms in total. The summed E-state index contributed by atoms with van der Waals surface area (Å²) in [6.07, 6.45) is 5.16. The van der Waals surface area contributed by atoms with Crippen molar-refractivity contribution in [3.8, 4) is 5.75 Å². The lowest BCUT2D eigenvalue weighted by Crippen LogP contribution is -2.48. The van der Waals surface area contributed by atoms with Gasteiger partial charge in [-0.3, -0.25) is 0 Å². The Bertz CT molecular complexity index is 396. The van der Waals surface area contributed by atoms with Crippen molar-refractivity contribution in [2.45, 2.75) is 44.7 Å². The van der Waals surface area contributed by atoms with Gasteiger partial charge in [-0.25, -0.2) is 0 Å². The normalized spacial score (nSPS) is 22.4. The number of benzene rings is 1. The topological polar surface area (TPSA) is 24.5 Å². The van der Waals surface area contributed by atoms with Crippen LogP contribution < -0.4 is 10.1 Å². The summed E-state index contributed by atoms with van der Waals surface area (Å²) >= 11 is 0. The first-order chi connectivity index (χ1) is 9.67. The van der Waals surface area contributed by atoms with Gasteiger partial charge in [0, 0.05) is 18.6 Å². The van der Waals surface area contributed by atoms with Crippen molar-refractivity contribution >= 4 is 0 Å². The molecule has 1 aliphatic heterocycles.